The van der Waals surface area contributed by atoms with Crippen molar-refractivity contribution in [1.82, 2.24) is 4.72 Å². The summed E-state index contributed by atoms with van der Waals surface area (Å²) in [6.45, 7) is 9.69. The predicted octanol–water partition coefficient (Wildman–Crippen LogP) is 3.97. The number of hydrogen-bond acceptors (Lipinski definition) is 1. The van der Waals surface area contributed by atoms with Crippen molar-refractivity contribution in [3.05, 3.63) is 35.4 Å². The molecule has 0 fully saturated rings. The third kappa shape index (κ3) is 5.47. The van der Waals surface area contributed by atoms with Gasteiger partial charge in [0.1, 0.15) is 11.6 Å². The van der Waals surface area contributed by atoms with Gasteiger partial charge in [0, 0.05) is 12.1 Å². The van der Waals surface area contributed by atoms with Crippen molar-refractivity contribution in [3.8, 4) is 0 Å². The predicted molar refractivity (Wildman–Crippen MR) is 84.3 cm³/mol. The highest BCUT2D eigenvalue weighted by atomic mass is 32.2. The van der Waals surface area contributed by atoms with Crippen molar-refractivity contribution in [2.24, 2.45) is 5.92 Å². The number of benzene rings is 1. The van der Waals surface area contributed by atoms with E-state index in [0.717, 1.165) is 12.5 Å². The quantitative estimate of drug-likeness (QED) is 0.845. The maximum atomic E-state index is 13.7. The molecule has 1 aromatic rings. The molecule has 5 heteroatoms. The number of hydrogen-bond donors (Lipinski definition) is 1. The van der Waals surface area contributed by atoms with Gasteiger partial charge in [0.05, 0.1) is 15.7 Å². The zero-order valence-corrected chi connectivity index (χ0v) is 14.2. The maximum absolute atomic E-state index is 13.7. The Labute approximate surface area is 128 Å². The van der Waals surface area contributed by atoms with Crippen LogP contribution in [0.2, 0.25) is 0 Å². The largest absolute Gasteiger partial charge is 0.242 e. The van der Waals surface area contributed by atoms with E-state index in [2.05, 4.69) is 4.72 Å². The number of nitrogens with one attached hydrogen (secondary N) is 1. The van der Waals surface area contributed by atoms with Gasteiger partial charge in [-0.25, -0.2) is 17.7 Å². The highest BCUT2D eigenvalue weighted by Crippen LogP contribution is 2.20. The zero-order valence-electron chi connectivity index (χ0n) is 13.4. The minimum absolute atomic E-state index is 0.0143. The van der Waals surface area contributed by atoms with Crippen molar-refractivity contribution in [2.45, 2.75) is 58.2 Å². The normalized spacial score (nSPS) is 16.5. The van der Waals surface area contributed by atoms with Gasteiger partial charge in [0.15, 0.2) is 0 Å². The van der Waals surface area contributed by atoms with Crippen LogP contribution >= 0.6 is 0 Å². The van der Waals surface area contributed by atoms with Gasteiger partial charge in [0.2, 0.25) is 0 Å². The van der Waals surface area contributed by atoms with E-state index in [1.165, 1.54) is 12.1 Å². The summed E-state index contributed by atoms with van der Waals surface area (Å²) in [5, 5.41) is 0. The van der Waals surface area contributed by atoms with E-state index in [9.17, 15) is 13.0 Å². The topological polar surface area (TPSA) is 29.1 Å². The Morgan fingerprint density at radius 2 is 1.90 bits per heavy atom. The average Bonchev–Trinajstić information content (AvgIpc) is 2.36. The highest BCUT2D eigenvalue weighted by molar-refractivity contribution is 7.84. The summed E-state index contributed by atoms with van der Waals surface area (Å²) < 4.78 is 41.6. The van der Waals surface area contributed by atoms with E-state index in [0.29, 0.717) is 12.0 Å². The first kappa shape index (κ1) is 18.2. The molecule has 0 saturated carbocycles. The molecule has 0 aliphatic rings. The summed E-state index contributed by atoms with van der Waals surface area (Å²) >= 11 is 0. The fourth-order valence-electron chi connectivity index (χ4n) is 2.09. The van der Waals surface area contributed by atoms with E-state index in [1.807, 2.05) is 34.6 Å². The third-order valence-electron chi connectivity index (χ3n) is 3.58. The van der Waals surface area contributed by atoms with Crippen LogP contribution in [0.25, 0.3) is 0 Å². The van der Waals surface area contributed by atoms with Gasteiger partial charge in [-0.2, -0.15) is 0 Å². The van der Waals surface area contributed by atoms with Gasteiger partial charge in [0.25, 0.3) is 0 Å². The molecule has 2 nitrogen and oxygen atoms in total. The van der Waals surface area contributed by atoms with Crippen LogP contribution in [0, 0.1) is 17.6 Å². The van der Waals surface area contributed by atoms with E-state index in [1.54, 1.807) is 0 Å². The van der Waals surface area contributed by atoms with Gasteiger partial charge in [-0.15, -0.1) is 0 Å². The summed E-state index contributed by atoms with van der Waals surface area (Å²) in [7, 11) is -1.16. The van der Waals surface area contributed by atoms with Crippen LogP contribution in [0.3, 0.4) is 0 Å². The molecule has 0 amide bonds. The van der Waals surface area contributed by atoms with Crippen LogP contribution in [-0.2, 0) is 17.4 Å². The van der Waals surface area contributed by atoms with E-state index >= 15 is 0 Å². The Balaban J connectivity index is 2.76. The van der Waals surface area contributed by atoms with Crippen molar-refractivity contribution in [2.75, 3.05) is 0 Å². The average molecular weight is 317 g/mol. The molecule has 0 aliphatic heterocycles. The number of halogens is 2. The molecule has 0 radical (unpaired) electrons. The van der Waals surface area contributed by atoms with Crippen LogP contribution in [0.1, 0.15) is 46.6 Å². The Hall–Kier alpha value is -0.810. The lowest BCUT2D eigenvalue weighted by Crippen LogP contribution is -2.42. The van der Waals surface area contributed by atoms with Crippen LogP contribution < -0.4 is 4.72 Å². The van der Waals surface area contributed by atoms with Gasteiger partial charge in [-0.05, 0) is 51.7 Å². The van der Waals surface area contributed by atoms with Crippen molar-refractivity contribution >= 4 is 11.0 Å². The van der Waals surface area contributed by atoms with Gasteiger partial charge < -0.3 is 0 Å². The standard InChI is InChI=1S/C16H25F2NOS/c1-6-12(11(2)19-21(20)16(3,4)5)9-13-7-8-14(17)10-15(13)18/h7-8,10-12,19H,6,9H2,1-5H3/t11?,12-,21+/m0/s1. The highest BCUT2D eigenvalue weighted by Gasteiger charge is 2.25. The SMILES string of the molecule is CC[C@@H](Cc1ccc(F)cc1F)C(C)N[S@](=O)C(C)(C)C. The van der Waals surface area contributed by atoms with Gasteiger partial charge >= 0.3 is 0 Å². The first-order valence-corrected chi connectivity index (χ1v) is 8.42. The molecule has 21 heavy (non-hydrogen) atoms. The lowest BCUT2D eigenvalue weighted by atomic mass is 9.91. The first-order chi connectivity index (χ1) is 9.65. The second-order valence-electron chi connectivity index (χ2n) is 6.40. The molecule has 0 saturated heterocycles. The third-order valence-corrected chi connectivity index (χ3v) is 5.28. The molecule has 1 rings (SSSR count). The Morgan fingerprint density at radius 1 is 1.29 bits per heavy atom. The smallest absolute Gasteiger partial charge is 0.129 e. The Kier molecular flexibility index (Phi) is 6.47. The first-order valence-electron chi connectivity index (χ1n) is 7.27. The molecule has 0 spiro atoms. The molecule has 0 bridgehead atoms. The van der Waals surface area contributed by atoms with Crippen molar-refractivity contribution < 1.29 is 13.0 Å². The zero-order chi connectivity index (χ0) is 16.2. The van der Waals surface area contributed by atoms with E-state index < -0.39 is 22.6 Å². The summed E-state index contributed by atoms with van der Waals surface area (Å²) in [6.07, 6.45) is 1.32. The van der Waals surface area contributed by atoms with E-state index in [-0.39, 0.29) is 16.7 Å². The molecule has 0 heterocycles. The van der Waals surface area contributed by atoms with Gasteiger partial charge in [-0.1, -0.05) is 19.4 Å². The molecule has 1 N–H and O–H groups in total. The summed E-state index contributed by atoms with van der Waals surface area (Å²) in [5.41, 5.74) is 0.499. The Bertz CT molecular complexity index is 500. The molecule has 1 unspecified atom stereocenters. The van der Waals surface area contributed by atoms with Crippen LogP contribution in [0.15, 0.2) is 18.2 Å². The lowest BCUT2D eigenvalue weighted by Gasteiger charge is -2.27. The molecule has 1 aromatic carbocycles. The summed E-state index contributed by atoms with van der Waals surface area (Å²) in [5.74, 6) is -0.946. The Morgan fingerprint density at radius 3 is 2.38 bits per heavy atom. The van der Waals surface area contributed by atoms with Crippen molar-refractivity contribution in [3.63, 3.8) is 0 Å². The van der Waals surface area contributed by atoms with E-state index in [4.69, 9.17) is 0 Å². The van der Waals surface area contributed by atoms with Crippen molar-refractivity contribution in [1.29, 1.82) is 0 Å². The fraction of sp³-hybridized carbons (Fsp3) is 0.625. The molecule has 0 aromatic heterocycles. The number of rotatable bonds is 6. The summed E-state index contributed by atoms with van der Waals surface area (Å²) in [6, 6.07) is 3.66. The molecular weight excluding hydrogens is 292 g/mol. The maximum Gasteiger partial charge on any atom is 0.129 e. The van der Waals surface area contributed by atoms with Crippen LogP contribution in [0.4, 0.5) is 8.78 Å². The second-order valence-corrected chi connectivity index (χ2v) is 8.39. The minimum Gasteiger partial charge on any atom is -0.242 e. The fourth-order valence-corrected chi connectivity index (χ4v) is 2.97. The molecular formula is C16H25F2NOS. The monoisotopic (exact) mass is 317 g/mol. The summed E-state index contributed by atoms with van der Waals surface area (Å²) in [4.78, 5) is 0. The minimum atomic E-state index is -1.16. The lowest BCUT2D eigenvalue weighted by molar-refractivity contribution is 0.397. The second kappa shape index (κ2) is 7.45. The van der Waals surface area contributed by atoms with Gasteiger partial charge in [-0.3, -0.25) is 0 Å². The van der Waals surface area contributed by atoms with Crippen LogP contribution in [-0.4, -0.2) is 15.0 Å². The molecule has 0 aliphatic carbocycles. The van der Waals surface area contributed by atoms with Crippen LogP contribution in [0.5, 0.6) is 0 Å². The molecule has 3 atom stereocenters. The molecule has 120 valence electrons.